The highest BCUT2D eigenvalue weighted by Crippen LogP contribution is 2.43. The molecule has 0 aliphatic rings. The molecular formula is C54H38N2. The predicted octanol–water partition coefficient (Wildman–Crippen LogP) is 14.9. The van der Waals surface area contributed by atoms with E-state index in [1.165, 1.54) is 60.8 Å². The smallest absolute Gasteiger partial charge is 0.0541 e. The molecule has 2 nitrogen and oxygen atoms in total. The number of hydrogen-bond donors (Lipinski definition) is 0. The molecule has 264 valence electrons. The maximum atomic E-state index is 2.41. The van der Waals surface area contributed by atoms with Gasteiger partial charge in [0, 0.05) is 33.3 Å². The van der Waals surface area contributed by atoms with Gasteiger partial charge in [0.15, 0.2) is 0 Å². The van der Waals surface area contributed by atoms with Crippen LogP contribution < -0.4 is 4.90 Å². The number of para-hydroxylation sites is 4. The summed E-state index contributed by atoms with van der Waals surface area (Å²) in [4.78, 5) is 2.38. The molecule has 0 unspecified atom stereocenters. The standard InChI is InChI=1S/C54H38N2/c1-3-15-39(16-4-1)40-27-29-41(30-28-40)42-31-35-45(36-32-42)55(51-23-11-7-19-47(51)43-17-5-2-6-18-43)46-37-33-44(34-38-46)48-20-8-12-24-52(48)56-53-25-13-9-21-49(53)50-22-10-14-26-54(50)56/h1-38H. The zero-order valence-electron chi connectivity index (χ0n) is 30.8. The van der Waals surface area contributed by atoms with Crippen LogP contribution in [-0.2, 0) is 0 Å². The largest absolute Gasteiger partial charge is 0.310 e. The van der Waals surface area contributed by atoms with Gasteiger partial charge < -0.3 is 9.47 Å². The first-order valence-corrected chi connectivity index (χ1v) is 19.2. The Hall–Kier alpha value is -7.42. The number of hydrogen-bond acceptors (Lipinski definition) is 1. The first-order valence-electron chi connectivity index (χ1n) is 19.2. The van der Waals surface area contributed by atoms with E-state index in [9.17, 15) is 0 Å². The molecule has 56 heavy (non-hydrogen) atoms. The molecule has 0 saturated carbocycles. The van der Waals surface area contributed by atoms with E-state index in [2.05, 4.69) is 240 Å². The summed E-state index contributed by atoms with van der Waals surface area (Å²) in [6.45, 7) is 0. The molecule has 0 bridgehead atoms. The van der Waals surface area contributed by atoms with Crippen LogP contribution in [0.25, 0.3) is 72.0 Å². The summed E-state index contributed by atoms with van der Waals surface area (Å²) in [5.74, 6) is 0. The van der Waals surface area contributed by atoms with E-state index >= 15 is 0 Å². The number of benzene rings is 9. The third-order valence-corrected chi connectivity index (χ3v) is 10.8. The van der Waals surface area contributed by atoms with Crippen molar-refractivity contribution in [1.29, 1.82) is 0 Å². The van der Waals surface area contributed by atoms with E-state index in [4.69, 9.17) is 0 Å². The van der Waals surface area contributed by atoms with Gasteiger partial charge in [-0.05, 0) is 81.9 Å². The Bertz CT molecular complexity index is 2870. The summed E-state index contributed by atoms with van der Waals surface area (Å²) in [5.41, 5.74) is 16.4. The molecule has 0 atom stereocenters. The number of aromatic nitrogens is 1. The van der Waals surface area contributed by atoms with Crippen LogP contribution in [0.3, 0.4) is 0 Å². The Morgan fingerprint density at radius 2 is 0.643 bits per heavy atom. The fraction of sp³-hybridized carbons (Fsp3) is 0. The van der Waals surface area contributed by atoms with Crippen LogP contribution in [0.2, 0.25) is 0 Å². The van der Waals surface area contributed by atoms with E-state index < -0.39 is 0 Å². The molecule has 10 aromatic rings. The molecule has 10 rings (SSSR count). The van der Waals surface area contributed by atoms with E-state index in [1.807, 2.05) is 0 Å². The molecule has 2 heteroatoms. The van der Waals surface area contributed by atoms with Crippen molar-refractivity contribution in [2.45, 2.75) is 0 Å². The maximum Gasteiger partial charge on any atom is 0.0541 e. The van der Waals surface area contributed by atoms with Gasteiger partial charge >= 0.3 is 0 Å². The fourth-order valence-electron chi connectivity index (χ4n) is 8.13. The zero-order chi connectivity index (χ0) is 37.3. The number of fused-ring (bicyclic) bond motifs is 3. The molecule has 0 aliphatic carbocycles. The maximum absolute atomic E-state index is 2.41. The van der Waals surface area contributed by atoms with Crippen molar-refractivity contribution in [2.75, 3.05) is 4.90 Å². The van der Waals surface area contributed by atoms with Crippen molar-refractivity contribution in [3.05, 3.63) is 231 Å². The molecule has 9 aromatic carbocycles. The second kappa shape index (κ2) is 14.4. The van der Waals surface area contributed by atoms with E-state index in [0.717, 1.165) is 28.3 Å². The van der Waals surface area contributed by atoms with Gasteiger partial charge in [0.1, 0.15) is 0 Å². The van der Waals surface area contributed by atoms with E-state index in [-0.39, 0.29) is 0 Å². The Labute approximate surface area is 327 Å². The highest BCUT2D eigenvalue weighted by Gasteiger charge is 2.19. The van der Waals surface area contributed by atoms with Crippen molar-refractivity contribution >= 4 is 38.9 Å². The van der Waals surface area contributed by atoms with Crippen molar-refractivity contribution < 1.29 is 0 Å². The lowest BCUT2D eigenvalue weighted by Gasteiger charge is -2.28. The topological polar surface area (TPSA) is 8.17 Å². The van der Waals surface area contributed by atoms with Crippen LogP contribution in [0.1, 0.15) is 0 Å². The van der Waals surface area contributed by atoms with Crippen LogP contribution in [0, 0.1) is 0 Å². The lowest BCUT2D eigenvalue weighted by Crippen LogP contribution is -2.11. The van der Waals surface area contributed by atoms with E-state index in [0.29, 0.717) is 0 Å². The Kier molecular flexibility index (Phi) is 8.55. The number of anilines is 3. The van der Waals surface area contributed by atoms with Crippen LogP contribution in [0.15, 0.2) is 231 Å². The third-order valence-electron chi connectivity index (χ3n) is 10.8. The molecular weight excluding hydrogens is 677 g/mol. The van der Waals surface area contributed by atoms with Gasteiger partial charge in [-0.3, -0.25) is 0 Å². The average Bonchev–Trinajstić information content (AvgIpc) is 3.62. The predicted molar refractivity (Wildman–Crippen MR) is 237 cm³/mol. The van der Waals surface area contributed by atoms with Gasteiger partial charge in [0.25, 0.3) is 0 Å². The van der Waals surface area contributed by atoms with Crippen LogP contribution in [0.5, 0.6) is 0 Å². The normalized spacial score (nSPS) is 11.2. The van der Waals surface area contributed by atoms with Crippen molar-refractivity contribution in [3.63, 3.8) is 0 Å². The Balaban J connectivity index is 1.06. The Morgan fingerprint density at radius 1 is 0.268 bits per heavy atom. The molecule has 1 heterocycles. The monoisotopic (exact) mass is 714 g/mol. The van der Waals surface area contributed by atoms with E-state index in [1.54, 1.807) is 0 Å². The van der Waals surface area contributed by atoms with Crippen molar-refractivity contribution in [1.82, 2.24) is 4.57 Å². The Morgan fingerprint density at radius 3 is 1.21 bits per heavy atom. The second-order valence-electron chi connectivity index (χ2n) is 14.1. The molecule has 0 N–H and O–H groups in total. The molecule has 0 spiro atoms. The molecule has 0 radical (unpaired) electrons. The summed E-state index contributed by atoms with van der Waals surface area (Å²) < 4.78 is 2.41. The van der Waals surface area contributed by atoms with Gasteiger partial charge in [-0.2, -0.15) is 0 Å². The van der Waals surface area contributed by atoms with Crippen LogP contribution in [0.4, 0.5) is 17.1 Å². The highest BCUT2D eigenvalue weighted by atomic mass is 15.1. The SMILES string of the molecule is c1ccc(-c2ccc(-c3ccc(N(c4ccc(-c5ccccc5-n5c6ccccc6c6ccccc65)cc4)c4ccccc4-c4ccccc4)cc3)cc2)cc1. The lowest BCUT2D eigenvalue weighted by molar-refractivity contribution is 1.18. The van der Waals surface area contributed by atoms with Crippen molar-refractivity contribution in [2.24, 2.45) is 0 Å². The van der Waals surface area contributed by atoms with Gasteiger partial charge in [0.2, 0.25) is 0 Å². The first-order chi connectivity index (χ1) is 27.8. The first kappa shape index (κ1) is 33.2. The molecule has 1 aromatic heterocycles. The summed E-state index contributed by atoms with van der Waals surface area (Å²) in [7, 11) is 0. The molecule has 0 amide bonds. The van der Waals surface area contributed by atoms with Gasteiger partial charge in [-0.1, -0.05) is 182 Å². The minimum absolute atomic E-state index is 1.09. The van der Waals surface area contributed by atoms with Gasteiger partial charge in [0.05, 0.1) is 22.4 Å². The molecule has 0 saturated heterocycles. The summed E-state index contributed by atoms with van der Waals surface area (Å²) in [6, 6.07) is 83.0. The molecule has 0 fully saturated rings. The summed E-state index contributed by atoms with van der Waals surface area (Å²) in [5, 5.41) is 2.52. The quantitative estimate of drug-likeness (QED) is 0.152. The average molecular weight is 715 g/mol. The summed E-state index contributed by atoms with van der Waals surface area (Å²) >= 11 is 0. The van der Waals surface area contributed by atoms with Crippen LogP contribution in [-0.4, -0.2) is 4.57 Å². The molecule has 0 aliphatic heterocycles. The van der Waals surface area contributed by atoms with Gasteiger partial charge in [-0.25, -0.2) is 0 Å². The van der Waals surface area contributed by atoms with Gasteiger partial charge in [-0.15, -0.1) is 0 Å². The lowest BCUT2D eigenvalue weighted by atomic mass is 9.99. The van der Waals surface area contributed by atoms with Crippen molar-refractivity contribution in [3.8, 4) is 50.2 Å². The zero-order valence-corrected chi connectivity index (χ0v) is 30.8. The third kappa shape index (κ3) is 6.04. The number of rotatable bonds is 8. The minimum Gasteiger partial charge on any atom is -0.310 e. The second-order valence-corrected chi connectivity index (χ2v) is 14.1. The van der Waals surface area contributed by atoms with Crippen LogP contribution >= 0.6 is 0 Å². The number of nitrogens with zero attached hydrogens (tertiary/aromatic N) is 2. The minimum atomic E-state index is 1.09. The highest BCUT2D eigenvalue weighted by molar-refractivity contribution is 6.09. The fourth-order valence-corrected chi connectivity index (χ4v) is 8.13. The summed E-state index contributed by atoms with van der Waals surface area (Å²) in [6.07, 6.45) is 0.